The van der Waals surface area contributed by atoms with Crippen LogP contribution < -0.4 is 5.32 Å². The molecule has 2 N–H and O–H groups in total. The largest absolute Gasteiger partial charge is 0.497 e. The predicted molar refractivity (Wildman–Crippen MR) is 137 cm³/mol. The zero-order chi connectivity index (χ0) is 24.1. The maximum absolute atomic E-state index is 5.64. The zero-order valence-electron chi connectivity index (χ0n) is 20.4. The molecule has 1 saturated heterocycles. The van der Waals surface area contributed by atoms with E-state index in [1.54, 1.807) is 21.3 Å². The number of aromatic amines is 1. The van der Waals surface area contributed by atoms with Gasteiger partial charge in [-0.15, -0.1) is 0 Å². The second kappa shape index (κ2) is 10.6. The fourth-order valence-corrected chi connectivity index (χ4v) is 4.52. The molecule has 178 valence electrons. The van der Waals surface area contributed by atoms with Gasteiger partial charge in [-0.3, -0.25) is 0 Å². The summed E-state index contributed by atoms with van der Waals surface area (Å²) in [4.78, 5) is 8.54. The van der Waals surface area contributed by atoms with Crippen molar-refractivity contribution in [2.24, 2.45) is 0 Å². The highest BCUT2D eigenvalue weighted by molar-refractivity contribution is 5.91. The molecule has 0 saturated carbocycles. The number of methoxy groups -OCH3 is 3. The van der Waals surface area contributed by atoms with Crippen molar-refractivity contribution in [2.75, 3.05) is 27.9 Å². The lowest BCUT2D eigenvalue weighted by Crippen LogP contribution is -2.20. The van der Waals surface area contributed by atoms with E-state index in [1.165, 1.54) is 5.57 Å². The minimum absolute atomic E-state index is 0.0813. The highest BCUT2D eigenvalue weighted by Crippen LogP contribution is 2.31. The molecule has 2 heterocycles. The quantitative estimate of drug-likeness (QED) is 0.309. The molecule has 0 amide bonds. The van der Waals surface area contributed by atoms with Crippen LogP contribution in [-0.4, -0.2) is 43.9 Å². The maximum atomic E-state index is 5.64. The first-order chi connectivity index (χ1) is 16.6. The van der Waals surface area contributed by atoms with E-state index in [4.69, 9.17) is 19.2 Å². The maximum Gasteiger partial charge on any atom is 0.198 e. The van der Waals surface area contributed by atoms with Crippen LogP contribution in [0.15, 0.2) is 84.1 Å². The first kappa shape index (κ1) is 23.6. The third-order valence-corrected chi connectivity index (χ3v) is 6.27. The van der Waals surface area contributed by atoms with Crippen LogP contribution in [0.5, 0.6) is 0 Å². The van der Waals surface area contributed by atoms with Crippen molar-refractivity contribution >= 4 is 16.6 Å². The molecule has 0 bridgehead atoms. The van der Waals surface area contributed by atoms with Crippen LogP contribution >= 0.6 is 0 Å². The van der Waals surface area contributed by atoms with Crippen molar-refractivity contribution in [3.8, 4) is 0 Å². The standard InChI is InChI=1S/C28H33N3O3/c1-6-24(32-3)27(34-5)25(33-4)16-18(2)21-11-9-13-23-26(21)31-28(30-23)20-10-7-8-12-22-19(17-20)14-15-29-22/h7-13,16-17,20,22,29H,2,6,14-15H2,1,3-5H3,(H,30,31)/b10-7?,12-8-,19-17?,25-16+,27-24-. The Balaban J connectivity index is 1.72. The van der Waals surface area contributed by atoms with Gasteiger partial charge in [-0.25, -0.2) is 4.98 Å². The Labute approximate surface area is 201 Å². The van der Waals surface area contributed by atoms with Gasteiger partial charge in [-0.2, -0.15) is 0 Å². The summed E-state index contributed by atoms with van der Waals surface area (Å²) >= 11 is 0. The molecule has 6 heteroatoms. The van der Waals surface area contributed by atoms with Crippen molar-refractivity contribution in [1.82, 2.24) is 15.3 Å². The van der Waals surface area contributed by atoms with Gasteiger partial charge in [0.15, 0.2) is 11.5 Å². The normalized spacial score (nSPS) is 21.8. The van der Waals surface area contributed by atoms with E-state index in [0.717, 1.165) is 41.0 Å². The fraction of sp³-hybridized carbons (Fsp3) is 0.321. The predicted octanol–water partition coefficient (Wildman–Crippen LogP) is 5.52. The molecule has 1 fully saturated rings. The molecule has 2 aliphatic rings. The van der Waals surface area contributed by atoms with E-state index < -0.39 is 0 Å². The molecule has 0 spiro atoms. The van der Waals surface area contributed by atoms with Crippen molar-refractivity contribution in [3.05, 3.63) is 95.5 Å². The number of nitrogens with one attached hydrogen (secondary N) is 2. The monoisotopic (exact) mass is 459 g/mol. The molecule has 2 aromatic rings. The Morgan fingerprint density at radius 1 is 1.15 bits per heavy atom. The summed E-state index contributed by atoms with van der Waals surface area (Å²) in [5.74, 6) is 2.82. The van der Waals surface area contributed by atoms with Gasteiger partial charge in [-0.05, 0) is 30.7 Å². The van der Waals surface area contributed by atoms with E-state index in [2.05, 4.69) is 47.3 Å². The smallest absolute Gasteiger partial charge is 0.198 e. The van der Waals surface area contributed by atoms with Gasteiger partial charge in [0.1, 0.15) is 11.6 Å². The third kappa shape index (κ3) is 4.73. The molecule has 4 rings (SSSR count). The van der Waals surface area contributed by atoms with E-state index in [0.29, 0.717) is 29.7 Å². The van der Waals surface area contributed by atoms with Gasteiger partial charge in [0.2, 0.25) is 0 Å². The molecule has 2 atom stereocenters. The number of aromatic nitrogens is 2. The van der Waals surface area contributed by atoms with Crippen LogP contribution in [0.25, 0.3) is 16.6 Å². The number of allylic oxidation sites excluding steroid dienone is 7. The number of rotatable bonds is 8. The summed E-state index contributed by atoms with van der Waals surface area (Å²) < 4.78 is 16.7. The number of H-pyrrole nitrogens is 1. The average molecular weight is 460 g/mol. The van der Waals surface area contributed by atoms with Gasteiger partial charge in [0.05, 0.1) is 38.3 Å². The first-order valence-electron chi connectivity index (χ1n) is 11.6. The number of fused-ring (bicyclic) bond motifs is 2. The number of benzene rings is 1. The second-order valence-electron chi connectivity index (χ2n) is 8.29. The summed E-state index contributed by atoms with van der Waals surface area (Å²) in [5.41, 5.74) is 4.97. The Hall–Kier alpha value is -3.51. The molecule has 2 unspecified atom stereocenters. The SMILES string of the molecule is C=C(/C=C(OC)\C(OC)=C(/CC)OC)c1cccc2[nH]c(C3C=C/C=C\C4NCCC4=C3)nc12. The summed E-state index contributed by atoms with van der Waals surface area (Å²) in [6.45, 7) is 7.32. The first-order valence-corrected chi connectivity index (χ1v) is 11.6. The van der Waals surface area contributed by atoms with Crippen molar-refractivity contribution in [2.45, 2.75) is 31.7 Å². The highest BCUT2D eigenvalue weighted by atomic mass is 16.5. The Morgan fingerprint density at radius 2 is 1.97 bits per heavy atom. The van der Waals surface area contributed by atoms with E-state index in [-0.39, 0.29) is 5.92 Å². The molecular formula is C28H33N3O3. The number of nitrogens with zero attached hydrogens (tertiary/aromatic N) is 1. The molecular weight excluding hydrogens is 426 g/mol. The Kier molecular flexibility index (Phi) is 7.38. The molecule has 1 aliphatic heterocycles. The molecule has 6 nitrogen and oxygen atoms in total. The minimum atomic E-state index is 0.0813. The summed E-state index contributed by atoms with van der Waals surface area (Å²) in [6, 6.07) is 6.40. The molecule has 1 aromatic carbocycles. The molecule has 0 radical (unpaired) electrons. The fourth-order valence-electron chi connectivity index (χ4n) is 4.52. The van der Waals surface area contributed by atoms with Crippen molar-refractivity contribution < 1.29 is 14.2 Å². The lowest BCUT2D eigenvalue weighted by molar-refractivity contribution is 0.181. The van der Waals surface area contributed by atoms with E-state index in [9.17, 15) is 0 Å². The van der Waals surface area contributed by atoms with Crippen molar-refractivity contribution in [1.29, 1.82) is 0 Å². The van der Waals surface area contributed by atoms with Gasteiger partial charge in [0.25, 0.3) is 0 Å². The van der Waals surface area contributed by atoms with Crippen LogP contribution in [0.4, 0.5) is 0 Å². The summed E-state index contributed by atoms with van der Waals surface area (Å²) in [7, 11) is 4.85. The van der Waals surface area contributed by atoms with Crippen LogP contribution in [0.2, 0.25) is 0 Å². The van der Waals surface area contributed by atoms with Crippen molar-refractivity contribution in [3.63, 3.8) is 0 Å². The van der Waals surface area contributed by atoms with Gasteiger partial charge in [0, 0.05) is 18.0 Å². The number of imidazole rings is 1. The highest BCUT2D eigenvalue weighted by Gasteiger charge is 2.22. The van der Waals surface area contributed by atoms with Crippen LogP contribution in [0.1, 0.15) is 37.1 Å². The lowest BCUT2D eigenvalue weighted by atomic mass is 9.97. The van der Waals surface area contributed by atoms with Crippen LogP contribution in [0, 0.1) is 0 Å². The third-order valence-electron chi connectivity index (χ3n) is 6.27. The lowest BCUT2D eigenvalue weighted by Gasteiger charge is -2.15. The number of para-hydroxylation sites is 1. The van der Waals surface area contributed by atoms with Crippen LogP contribution in [0.3, 0.4) is 0 Å². The minimum Gasteiger partial charge on any atom is -0.497 e. The zero-order valence-corrected chi connectivity index (χ0v) is 20.4. The molecule has 1 aromatic heterocycles. The average Bonchev–Trinajstić information content (AvgIpc) is 3.47. The number of ether oxygens (including phenoxy) is 3. The summed E-state index contributed by atoms with van der Waals surface area (Å²) in [5, 5.41) is 3.53. The van der Waals surface area contributed by atoms with Gasteiger partial charge >= 0.3 is 0 Å². The Bertz CT molecular complexity index is 1210. The second-order valence-corrected chi connectivity index (χ2v) is 8.29. The number of hydrogen-bond acceptors (Lipinski definition) is 5. The topological polar surface area (TPSA) is 68.4 Å². The van der Waals surface area contributed by atoms with Gasteiger partial charge < -0.3 is 24.5 Å². The van der Waals surface area contributed by atoms with E-state index >= 15 is 0 Å². The summed E-state index contributed by atoms with van der Waals surface area (Å²) in [6.07, 6.45) is 14.5. The van der Waals surface area contributed by atoms with Gasteiger partial charge in [-0.1, -0.05) is 61.6 Å². The number of hydrogen-bond donors (Lipinski definition) is 2. The Morgan fingerprint density at radius 3 is 2.71 bits per heavy atom. The molecule has 1 aliphatic carbocycles. The van der Waals surface area contributed by atoms with E-state index in [1.807, 2.05) is 31.2 Å². The van der Waals surface area contributed by atoms with Crippen LogP contribution in [-0.2, 0) is 14.2 Å². The molecule has 34 heavy (non-hydrogen) atoms.